The van der Waals surface area contributed by atoms with E-state index in [9.17, 15) is 9.59 Å². The first-order valence-electron chi connectivity index (χ1n) is 6.66. The van der Waals surface area contributed by atoms with Crippen LogP contribution in [0.3, 0.4) is 0 Å². The lowest BCUT2D eigenvalue weighted by Gasteiger charge is -2.08. The zero-order valence-corrected chi connectivity index (χ0v) is 13.3. The summed E-state index contributed by atoms with van der Waals surface area (Å²) in [5.41, 5.74) is 1.68. The van der Waals surface area contributed by atoms with E-state index in [4.69, 9.17) is 23.2 Å². The Bertz CT molecular complexity index is 700. The summed E-state index contributed by atoms with van der Waals surface area (Å²) in [6.45, 7) is 1.77. The molecule has 0 fully saturated rings. The monoisotopic (exact) mass is 336 g/mol. The topological polar surface area (TPSA) is 58.2 Å². The molecule has 0 unspecified atom stereocenters. The van der Waals surface area contributed by atoms with Gasteiger partial charge in [0.25, 0.3) is 5.91 Å². The summed E-state index contributed by atoms with van der Waals surface area (Å²) < 4.78 is 0. The molecule has 2 amide bonds. The Morgan fingerprint density at radius 1 is 0.909 bits per heavy atom. The van der Waals surface area contributed by atoms with Crippen molar-refractivity contribution in [2.24, 2.45) is 0 Å². The van der Waals surface area contributed by atoms with E-state index in [-0.39, 0.29) is 11.8 Å². The Hall–Kier alpha value is -2.04. The molecule has 114 valence electrons. The lowest BCUT2D eigenvalue weighted by Crippen LogP contribution is -2.13. The van der Waals surface area contributed by atoms with Gasteiger partial charge in [0.1, 0.15) is 0 Å². The molecule has 0 aromatic heterocycles. The quantitative estimate of drug-likeness (QED) is 0.857. The summed E-state index contributed by atoms with van der Waals surface area (Å²) in [5.74, 6) is -0.347. The van der Waals surface area contributed by atoms with E-state index < -0.39 is 0 Å². The number of benzene rings is 2. The molecule has 6 heteroatoms. The summed E-state index contributed by atoms with van der Waals surface area (Å²) in [6.07, 6.45) is 0.402. The van der Waals surface area contributed by atoms with Gasteiger partial charge in [-0.1, -0.05) is 30.1 Å². The summed E-state index contributed by atoms with van der Waals surface area (Å²) in [7, 11) is 0. The second-order valence-electron chi connectivity index (χ2n) is 4.56. The molecule has 22 heavy (non-hydrogen) atoms. The first-order chi connectivity index (χ1) is 10.5. The molecule has 0 aliphatic heterocycles. The normalized spacial score (nSPS) is 10.1. The number of carbonyl (C=O) groups excluding carboxylic acids is 2. The Morgan fingerprint density at radius 3 is 2.14 bits per heavy atom. The van der Waals surface area contributed by atoms with Gasteiger partial charge in [0.05, 0.1) is 10.0 Å². The van der Waals surface area contributed by atoms with Gasteiger partial charge in [0.2, 0.25) is 5.91 Å². The summed E-state index contributed by atoms with van der Waals surface area (Å²) in [5, 5.41) is 6.25. The standard InChI is InChI=1S/C16H14Cl2N2O2/c1-2-15(21)19-11-5-3-10(4-6-11)16(22)20-12-7-8-13(17)14(18)9-12/h3-9H,2H2,1H3,(H,19,21)(H,20,22). The van der Waals surface area contributed by atoms with Gasteiger partial charge in [0.15, 0.2) is 0 Å². The van der Waals surface area contributed by atoms with E-state index in [0.717, 1.165) is 0 Å². The van der Waals surface area contributed by atoms with Gasteiger partial charge in [-0.2, -0.15) is 0 Å². The van der Waals surface area contributed by atoms with E-state index in [2.05, 4.69) is 10.6 Å². The van der Waals surface area contributed by atoms with Gasteiger partial charge in [-0.3, -0.25) is 9.59 Å². The van der Waals surface area contributed by atoms with Crippen molar-refractivity contribution in [3.8, 4) is 0 Å². The molecule has 2 aromatic rings. The molecule has 0 saturated heterocycles. The van der Waals surface area contributed by atoms with Crippen molar-refractivity contribution in [3.05, 3.63) is 58.1 Å². The smallest absolute Gasteiger partial charge is 0.255 e. The van der Waals surface area contributed by atoms with Crippen LogP contribution in [0.1, 0.15) is 23.7 Å². The zero-order valence-electron chi connectivity index (χ0n) is 11.8. The van der Waals surface area contributed by atoms with E-state index in [1.807, 2.05) is 0 Å². The van der Waals surface area contributed by atoms with Crippen LogP contribution < -0.4 is 10.6 Å². The fourth-order valence-electron chi connectivity index (χ4n) is 1.73. The van der Waals surface area contributed by atoms with Crippen LogP contribution in [0.25, 0.3) is 0 Å². The number of rotatable bonds is 4. The molecule has 2 aromatic carbocycles. The number of carbonyl (C=O) groups is 2. The molecule has 2 N–H and O–H groups in total. The summed E-state index contributed by atoms with van der Waals surface area (Å²) in [4.78, 5) is 23.4. The SMILES string of the molecule is CCC(=O)Nc1ccc(C(=O)Nc2ccc(Cl)c(Cl)c2)cc1. The number of anilines is 2. The van der Waals surface area contributed by atoms with E-state index >= 15 is 0 Å². The average molecular weight is 337 g/mol. The maximum Gasteiger partial charge on any atom is 0.255 e. The van der Waals surface area contributed by atoms with Crippen LogP contribution in [0.2, 0.25) is 10.0 Å². The lowest BCUT2D eigenvalue weighted by molar-refractivity contribution is -0.115. The maximum atomic E-state index is 12.1. The highest BCUT2D eigenvalue weighted by Gasteiger charge is 2.08. The minimum atomic E-state index is -0.272. The van der Waals surface area contributed by atoms with Gasteiger partial charge < -0.3 is 10.6 Å². The van der Waals surface area contributed by atoms with Crippen molar-refractivity contribution in [2.75, 3.05) is 10.6 Å². The number of amides is 2. The molecular weight excluding hydrogens is 323 g/mol. The molecule has 0 aliphatic carbocycles. The molecule has 0 heterocycles. The lowest BCUT2D eigenvalue weighted by atomic mass is 10.2. The molecule has 2 rings (SSSR count). The van der Waals surface area contributed by atoms with Gasteiger partial charge in [-0.05, 0) is 42.5 Å². The van der Waals surface area contributed by atoms with Crippen LogP contribution in [-0.4, -0.2) is 11.8 Å². The van der Waals surface area contributed by atoms with Crippen LogP contribution >= 0.6 is 23.2 Å². The minimum Gasteiger partial charge on any atom is -0.326 e. The predicted octanol–water partition coefficient (Wildman–Crippen LogP) is 4.59. The minimum absolute atomic E-state index is 0.0759. The Labute approximate surface area is 138 Å². The van der Waals surface area contributed by atoms with Crippen LogP contribution in [0.15, 0.2) is 42.5 Å². The highest BCUT2D eigenvalue weighted by Crippen LogP contribution is 2.25. The molecule has 0 saturated carbocycles. The highest BCUT2D eigenvalue weighted by molar-refractivity contribution is 6.42. The highest BCUT2D eigenvalue weighted by atomic mass is 35.5. The van der Waals surface area contributed by atoms with Crippen molar-refractivity contribution < 1.29 is 9.59 Å². The molecule has 0 spiro atoms. The fraction of sp³-hybridized carbons (Fsp3) is 0.125. The van der Waals surface area contributed by atoms with Crippen molar-refractivity contribution in [3.63, 3.8) is 0 Å². The number of nitrogens with one attached hydrogen (secondary N) is 2. The van der Waals surface area contributed by atoms with E-state index in [1.165, 1.54) is 0 Å². The maximum absolute atomic E-state index is 12.1. The average Bonchev–Trinajstić information content (AvgIpc) is 2.51. The molecular formula is C16H14Cl2N2O2. The first-order valence-corrected chi connectivity index (χ1v) is 7.41. The first kappa shape index (κ1) is 16.3. The number of halogens is 2. The van der Waals surface area contributed by atoms with Gasteiger partial charge in [-0.15, -0.1) is 0 Å². The van der Waals surface area contributed by atoms with Crippen LogP contribution in [0.5, 0.6) is 0 Å². The van der Waals surface area contributed by atoms with Crippen molar-refractivity contribution in [1.82, 2.24) is 0 Å². The second-order valence-corrected chi connectivity index (χ2v) is 5.38. The third-order valence-corrected chi connectivity index (χ3v) is 3.67. The Kier molecular flexibility index (Phi) is 5.41. The van der Waals surface area contributed by atoms with E-state index in [0.29, 0.717) is 33.4 Å². The van der Waals surface area contributed by atoms with Crippen LogP contribution in [-0.2, 0) is 4.79 Å². The number of hydrogen-bond donors (Lipinski definition) is 2. The second kappa shape index (κ2) is 7.29. The Morgan fingerprint density at radius 2 is 1.55 bits per heavy atom. The van der Waals surface area contributed by atoms with Gasteiger partial charge in [0, 0.05) is 23.4 Å². The zero-order chi connectivity index (χ0) is 16.1. The van der Waals surface area contributed by atoms with Gasteiger partial charge >= 0.3 is 0 Å². The molecule has 4 nitrogen and oxygen atoms in total. The molecule has 0 bridgehead atoms. The molecule has 0 aliphatic rings. The summed E-state index contributed by atoms with van der Waals surface area (Å²) in [6, 6.07) is 11.5. The predicted molar refractivity (Wildman–Crippen MR) is 89.8 cm³/mol. The van der Waals surface area contributed by atoms with Gasteiger partial charge in [-0.25, -0.2) is 0 Å². The fourth-order valence-corrected chi connectivity index (χ4v) is 2.03. The molecule has 0 radical (unpaired) electrons. The van der Waals surface area contributed by atoms with Crippen LogP contribution in [0, 0.1) is 0 Å². The number of hydrogen-bond acceptors (Lipinski definition) is 2. The summed E-state index contributed by atoms with van der Waals surface area (Å²) >= 11 is 11.7. The molecule has 0 atom stereocenters. The largest absolute Gasteiger partial charge is 0.326 e. The van der Waals surface area contributed by atoms with Crippen molar-refractivity contribution in [1.29, 1.82) is 0 Å². The third-order valence-electron chi connectivity index (χ3n) is 2.93. The van der Waals surface area contributed by atoms with E-state index in [1.54, 1.807) is 49.4 Å². The Balaban J connectivity index is 2.06. The van der Waals surface area contributed by atoms with Crippen molar-refractivity contribution >= 4 is 46.4 Å². The van der Waals surface area contributed by atoms with Crippen LogP contribution in [0.4, 0.5) is 11.4 Å². The third kappa shape index (κ3) is 4.23. The van der Waals surface area contributed by atoms with Crippen molar-refractivity contribution in [2.45, 2.75) is 13.3 Å².